The maximum Gasteiger partial charge on any atom is 0.217 e. The molecule has 0 spiro atoms. The molecule has 1 aliphatic heterocycles. The number of nitrogens with zero attached hydrogens (tertiary/aromatic N) is 1. The van der Waals surface area contributed by atoms with Crippen molar-refractivity contribution >= 4 is 5.91 Å². The van der Waals surface area contributed by atoms with Gasteiger partial charge in [-0.05, 0) is 38.8 Å². The normalized spacial score (nSPS) is 22.1. The van der Waals surface area contributed by atoms with E-state index < -0.39 is 0 Å². The predicted molar refractivity (Wildman–Crippen MR) is 54.7 cm³/mol. The van der Waals surface area contributed by atoms with E-state index in [0.29, 0.717) is 12.3 Å². The topological polar surface area (TPSA) is 66.6 Å². The Morgan fingerprint density at radius 1 is 1.57 bits per heavy atom. The molecule has 0 bridgehead atoms. The molecule has 1 fully saturated rings. The lowest BCUT2D eigenvalue weighted by molar-refractivity contribution is -0.119. The summed E-state index contributed by atoms with van der Waals surface area (Å²) in [7, 11) is 0. The third-order valence-corrected chi connectivity index (χ3v) is 2.72. The Labute approximate surface area is 85.1 Å². The van der Waals surface area contributed by atoms with Gasteiger partial charge in [0.1, 0.15) is 0 Å². The zero-order valence-electron chi connectivity index (χ0n) is 8.78. The zero-order chi connectivity index (χ0) is 10.6. The van der Waals surface area contributed by atoms with Crippen LogP contribution in [-0.4, -0.2) is 41.7 Å². The number of β-amino-alcohol motifs (C(OH)–C–C–N with tert-alkyl or cyclic N) is 1. The molecular formula is C10H20N2O2. The summed E-state index contributed by atoms with van der Waals surface area (Å²) in [5.41, 5.74) is 5.15. The molecule has 82 valence electrons. The Morgan fingerprint density at radius 2 is 2.14 bits per heavy atom. The largest absolute Gasteiger partial charge is 0.392 e. The molecule has 4 heteroatoms. The van der Waals surface area contributed by atoms with Crippen LogP contribution in [0.5, 0.6) is 0 Å². The second kappa shape index (κ2) is 5.32. The highest BCUT2D eigenvalue weighted by atomic mass is 16.3. The highest BCUT2D eigenvalue weighted by molar-refractivity contribution is 5.73. The summed E-state index contributed by atoms with van der Waals surface area (Å²) < 4.78 is 0. The molecule has 3 N–H and O–H groups in total. The molecule has 0 aliphatic carbocycles. The number of carbonyl (C=O) groups is 1. The van der Waals surface area contributed by atoms with Crippen LogP contribution < -0.4 is 5.73 Å². The third kappa shape index (κ3) is 4.07. The monoisotopic (exact) mass is 200 g/mol. The molecule has 1 saturated heterocycles. The Morgan fingerprint density at radius 3 is 2.57 bits per heavy atom. The van der Waals surface area contributed by atoms with Gasteiger partial charge in [-0.15, -0.1) is 0 Å². The molecule has 1 unspecified atom stereocenters. The number of carbonyl (C=O) groups excluding carboxylic acids is 1. The molecule has 0 radical (unpaired) electrons. The van der Waals surface area contributed by atoms with Gasteiger partial charge >= 0.3 is 0 Å². The van der Waals surface area contributed by atoms with Crippen molar-refractivity contribution in [2.45, 2.75) is 32.3 Å². The number of nitrogens with two attached hydrogens (primary N) is 1. The van der Waals surface area contributed by atoms with Gasteiger partial charge in [0.2, 0.25) is 5.91 Å². The molecule has 0 aromatic carbocycles. The smallest absolute Gasteiger partial charge is 0.217 e. The molecule has 1 atom stereocenters. The summed E-state index contributed by atoms with van der Waals surface area (Å²) in [6, 6.07) is 0. The maximum absolute atomic E-state index is 10.7. The van der Waals surface area contributed by atoms with Crippen LogP contribution in [0.3, 0.4) is 0 Å². The first-order chi connectivity index (χ1) is 6.58. The number of amides is 1. The Kier molecular flexibility index (Phi) is 4.35. The number of hydrogen-bond acceptors (Lipinski definition) is 3. The first kappa shape index (κ1) is 11.5. The minimum Gasteiger partial charge on any atom is -0.392 e. The van der Waals surface area contributed by atoms with Crippen LogP contribution >= 0.6 is 0 Å². The van der Waals surface area contributed by atoms with Gasteiger partial charge < -0.3 is 15.7 Å². The number of likely N-dealkylation sites (tertiary alicyclic amines) is 1. The average Bonchev–Trinajstić information content (AvgIpc) is 2.06. The van der Waals surface area contributed by atoms with Gasteiger partial charge in [-0.25, -0.2) is 0 Å². The third-order valence-electron chi connectivity index (χ3n) is 2.72. The minimum absolute atomic E-state index is 0.195. The molecule has 14 heavy (non-hydrogen) atoms. The van der Waals surface area contributed by atoms with Crippen LogP contribution in [0.15, 0.2) is 0 Å². The Hall–Kier alpha value is -0.610. The van der Waals surface area contributed by atoms with E-state index in [1.165, 1.54) is 0 Å². The molecule has 0 saturated carbocycles. The van der Waals surface area contributed by atoms with E-state index in [1.54, 1.807) is 6.92 Å². The maximum atomic E-state index is 10.7. The molecule has 0 aromatic heterocycles. The minimum atomic E-state index is -0.261. The lowest BCUT2D eigenvalue weighted by atomic mass is 9.93. The number of primary amides is 1. The number of rotatable bonds is 4. The average molecular weight is 200 g/mol. The molecule has 1 rings (SSSR count). The SMILES string of the molecule is CC(O)CN1CCC(CC(N)=O)CC1. The van der Waals surface area contributed by atoms with E-state index in [-0.39, 0.29) is 12.0 Å². The molecule has 0 aromatic rings. The summed E-state index contributed by atoms with van der Waals surface area (Å²) in [4.78, 5) is 12.9. The second-order valence-electron chi connectivity index (χ2n) is 4.26. The first-order valence-electron chi connectivity index (χ1n) is 5.26. The summed E-state index contributed by atoms with van der Waals surface area (Å²) in [6.07, 6.45) is 2.30. The molecule has 1 amide bonds. The van der Waals surface area contributed by atoms with Crippen LogP contribution in [0.4, 0.5) is 0 Å². The van der Waals surface area contributed by atoms with Gasteiger partial charge in [0, 0.05) is 13.0 Å². The van der Waals surface area contributed by atoms with Crippen molar-refractivity contribution in [2.75, 3.05) is 19.6 Å². The van der Waals surface area contributed by atoms with Crippen molar-refractivity contribution < 1.29 is 9.90 Å². The van der Waals surface area contributed by atoms with Crippen molar-refractivity contribution in [1.82, 2.24) is 4.90 Å². The van der Waals surface area contributed by atoms with E-state index in [9.17, 15) is 9.90 Å². The molecular weight excluding hydrogens is 180 g/mol. The Balaban J connectivity index is 2.21. The second-order valence-corrected chi connectivity index (χ2v) is 4.26. The van der Waals surface area contributed by atoms with Gasteiger partial charge in [0.25, 0.3) is 0 Å². The van der Waals surface area contributed by atoms with E-state index in [0.717, 1.165) is 32.5 Å². The summed E-state index contributed by atoms with van der Waals surface area (Å²) in [6.45, 7) is 4.49. The van der Waals surface area contributed by atoms with Crippen LogP contribution in [0.2, 0.25) is 0 Å². The highest BCUT2D eigenvalue weighted by Gasteiger charge is 2.20. The summed E-state index contributed by atoms with van der Waals surface area (Å²) in [5.74, 6) is 0.261. The number of piperidine rings is 1. The van der Waals surface area contributed by atoms with E-state index >= 15 is 0 Å². The van der Waals surface area contributed by atoms with Crippen molar-refractivity contribution in [3.8, 4) is 0 Å². The van der Waals surface area contributed by atoms with Crippen LogP contribution in [0.1, 0.15) is 26.2 Å². The van der Waals surface area contributed by atoms with Gasteiger partial charge in [-0.2, -0.15) is 0 Å². The quantitative estimate of drug-likeness (QED) is 0.669. The van der Waals surface area contributed by atoms with Crippen molar-refractivity contribution in [3.05, 3.63) is 0 Å². The number of aliphatic hydroxyl groups excluding tert-OH is 1. The first-order valence-corrected chi connectivity index (χ1v) is 5.26. The van der Waals surface area contributed by atoms with Crippen LogP contribution in [0.25, 0.3) is 0 Å². The standard InChI is InChI=1S/C10H20N2O2/c1-8(13)7-12-4-2-9(3-5-12)6-10(11)14/h8-9,13H,2-7H2,1H3,(H2,11,14). The van der Waals surface area contributed by atoms with E-state index in [1.807, 2.05) is 0 Å². The fraction of sp³-hybridized carbons (Fsp3) is 0.900. The van der Waals surface area contributed by atoms with Crippen molar-refractivity contribution in [1.29, 1.82) is 0 Å². The van der Waals surface area contributed by atoms with E-state index in [2.05, 4.69) is 4.90 Å². The number of hydrogen-bond donors (Lipinski definition) is 2. The summed E-state index contributed by atoms with van der Waals surface area (Å²) >= 11 is 0. The van der Waals surface area contributed by atoms with E-state index in [4.69, 9.17) is 5.73 Å². The molecule has 4 nitrogen and oxygen atoms in total. The Bertz CT molecular complexity index is 187. The zero-order valence-corrected chi connectivity index (χ0v) is 8.78. The summed E-state index contributed by atoms with van der Waals surface area (Å²) in [5, 5.41) is 9.20. The lowest BCUT2D eigenvalue weighted by Gasteiger charge is -2.32. The number of aliphatic hydroxyl groups is 1. The fourth-order valence-corrected chi connectivity index (χ4v) is 2.03. The van der Waals surface area contributed by atoms with Gasteiger partial charge in [0.05, 0.1) is 6.10 Å². The van der Waals surface area contributed by atoms with Crippen LogP contribution in [-0.2, 0) is 4.79 Å². The molecule has 1 heterocycles. The fourth-order valence-electron chi connectivity index (χ4n) is 2.03. The lowest BCUT2D eigenvalue weighted by Crippen LogP contribution is -2.38. The predicted octanol–water partition coefficient (Wildman–Crippen LogP) is -0.0454. The van der Waals surface area contributed by atoms with Crippen molar-refractivity contribution in [2.24, 2.45) is 11.7 Å². The van der Waals surface area contributed by atoms with Gasteiger partial charge in [0.15, 0.2) is 0 Å². The molecule has 1 aliphatic rings. The van der Waals surface area contributed by atoms with Gasteiger partial charge in [-0.1, -0.05) is 0 Å². The van der Waals surface area contributed by atoms with Gasteiger partial charge in [-0.3, -0.25) is 4.79 Å². The van der Waals surface area contributed by atoms with Crippen molar-refractivity contribution in [3.63, 3.8) is 0 Å². The highest BCUT2D eigenvalue weighted by Crippen LogP contribution is 2.19. The van der Waals surface area contributed by atoms with Crippen LogP contribution in [0, 0.1) is 5.92 Å².